The standard InChI is InChI=1S/C10H15BN2O4/c1-7(2)17-10(14)13(3)9-4-8(11(15)16)5-12-6-9/h4-7,15-16H,1-3H3. The minimum absolute atomic E-state index is 0.215. The van der Waals surface area contributed by atoms with Crippen molar-refractivity contribution in [1.82, 2.24) is 4.98 Å². The van der Waals surface area contributed by atoms with Crippen molar-refractivity contribution in [2.45, 2.75) is 20.0 Å². The van der Waals surface area contributed by atoms with Crippen molar-refractivity contribution in [2.75, 3.05) is 11.9 Å². The number of amides is 1. The molecule has 0 unspecified atom stereocenters. The maximum absolute atomic E-state index is 11.6. The molecule has 0 radical (unpaired) electrons. The number of carbonyl (C=O) groups is 1. The van der Waals surface area contributed by atoms with Gasteiger partial charge in [-0.2, -0.15) is 0 Å². The second kappa shape index (κ2) is 5.65. The number of hydrogen-bond donors (Lipinski definition) is 2. The van der Waals surface area contributed by atoms with Gasteiger partial charge in [0.25, 0.3) is 0 Å². The number of pyridine rings is 1. The number of carbonyl (C=O) groups excluding carboxylic acids is 1. The lowest BCUT2D eigenvalue weighted by molar-refractivity contribution is 0.124. The molecule has 7 heteroatoms. The Kier molecular flexibility index (Phi) is 4.48. The summed E-state index contributed by atoms with van der Waals surface area (Å²) in [6, 6.07) is 1.46. The third kappa shape index (κ3) is 3.72. The fraction of sp³-hybridized carbons (Fsp3) is 0.400. The fourth-order valence-electron chi connectivity index (χ4n) is 1.16. The van der Waals surface area contributed by atoms with Crippen LogP contribution in [0, 0.1) is 0 Å². The van der Waals surface area contributed by atoms with Crippen LogP contribution in [0.5, 0.6) is 0 Å². The van der Waals surface area contributed by atoms with Crippen LogP contribution in [0.25, 0.3) is 0 Å². The number of nitrogens with zero attached hydrogens (tertiary/aromatic N) is 2. The average molecular weight is 238 g/mol. The molecule has 0 fully saturated rings. The Labute approximate surface area is 100.0 Å². The van der Waals surface area contributed by atoms with Crippen molar-refractivity contribution in [3.05, 3.63) is 18.5 Å². The first-order chi connectivity index (χ1) is 7.91. The Balaban J connectivity index is 2.85. The molecule has 0 aliphatic carbocycles. The zero-order valence-corrected chi connectivity index (χ0v) is 9.99. The summed E-state index contributed by atoms with van der Waals surface area (Å²) in [4.78, 5) is 16.7. The van der Waals surface area contributed by atoms with E-state index < -0.39 is 13.2 Å². The number of hydrogen-bond acceptors (Lipinski definition) is 5. The van der Waals surface area contributed by atoms with E-state index in [-0.39, 0.29) is 11.6 Å². The zero-order chi connectivity index (χ0) is 13.0. The molecule has 1 amide bonds. The maximum Gasteiger partial charge on any atom is 0.490 e. The number of ether oxygens (including phenoxy) is 1. The first-order valence-corrected chi connectivity index (χ1v) is 5.17. The third-order valence-corrected chi connectivity index (χ3v) is 2.04. The third-order valence-electron chi connectivity index (χ3n) is 2.04. The molecule has 1 aromatic heterocycles. The highest BCUT2D eigenvalue weighted by atomic mass is 16.6. The lowest BCUT2D eigenvalue weighted by atomic mass is 9.81. The fourth-order valence-corrected chi connectivity index (χ4v) is 1.16. The summed E-state index contributed by atoms with van der Waals surface area (Å²) in [6.45, 7) is 3.50. The minimum atomic E-state index is -1.61. The van der Waals surface area contributed by atoms with Gasteiger partial charge in [0, 0.05) is 18.7 Å². The summed E-state index contributed by atoms with van der Waals surface area (Å²) in [5, 5.41) is 18.0. The molecule has 0 aromatic carbocycles. The van der Waals surface area contributed by atoms with E-state index in [1.54, 1.807) is 13.8 Å². The van der Waals surface area contributed by atoms with Gasteiger partial charge in [-0.15, -0.1) is 0 Å². The van der Waals surface area contributed by atoms with E-state index in [9.17, 15) is 4.79 Å². The summed E-state index contributed by atoms with van der Waals surface area (Å²) >= 11 is 0. The molecule has 92 valence electrons. The predicted molar refractivity (Wildman–Crippen MR) is 64.1 cm³/mol. The van der Waals surface area contributed by atoms with Crippen LogP contribution >= 0.6 is 0 Å². The van der Waals surface area contributed by atoms with Crippen LogP contribution in [0.4, 0.5) is 10.5 Å². The van der Waals surface area contributed by atoms with Gasteiger partial charge in [-0.25, -0.2) is 4.79 Å². The second-order valence-electron chi connectivity index (χ2n) is 3.84. The van der Waals surface area contributed by atoms with Gasteiger partial charge in [-0.1, -0.05) is 0 Å². The van der Waals surface area contributed by atoms with Gasteiger partial charge in [0.1, 0.15) is 0 Å². The Morgan fingerprint density at radius 3 is 2.65 bits per heavy atom. The molecule has 0 aliphatic heterocycles. The molecule has 1 aromatic rings. The van der Waals surface area contributed by atoms with Crippen LogP contribution in [-0.4, -0.2) is 41.4 Å². The molecule has 6 nitrogen and oxygen atoms in total. The Morgan fingerprint density at radius 1 is 1.47 bits per heavy atom. The van der Waals surface area contributed by atoms with Crippen molar-refractivity contribution in [1.29, 1.82) is 0 Å². The van der Waals surface area contributed by atoms with Crippen LogP contribution in [0.3, 0.4) is 0 Å². The highest BCUT2D eigenvalue weighted by Crippen LogP contribution is 2.10. The molecule has 0 spiro atoms. The van der Waals surface area contributed by atoms with E-state index in [1.165, 1.54) is 30.4 Å². The number of rotatable bonds is 3. The van der Waals surface area contributed by atoms with E-state index in [0.717, 1.165) is 0 Å². The molecule has 1 heterocycles. The lowest BCUT2D eigenvalue weighted by Gasteiger charge is -2.18. The van der Waals surface area contributed by atoms with Gasteiger partial charge in [0.15, 0.2) is 0 Å². The molecule has 0 bridgehead atoms. The summed E-state index contributed by atoms with van der Waals surface area (Å²) in [7, 11) is -0.0908. The molecule has 0 atom stereocenters. The average Bonchev–Trinajstić information content (AvgIpc) is 2.27. The molecule has 1 rings (SSSR count). The topological polar surface area (TPSA) is 82.9 Å². The summed E-state index contributed by atoms with van der Waals surface area (Å²) < 4.78 is 5.00. The van der Waals surface area contributed by atoms with Crippen LogP contribution in [0.1, 0.15) is 13.8 Å². The highest BCUT2D eigenvalue weighted by Gasteiger charge is 2.17. The second-order valence-corrected chi connectivity index (χ2v) is 3.84. The van der Waals surface area contributed by atoms with Crippen molar-refractivity contribution >= 4 is 24.4 Å². The predicted octanol–water partition coefficient (Wildman–Crippen LogP) is -0.257. The van der Waals surface area contributed by atoms with E-state index in [4.69, 9.17) is 14.8 Å². The monoisotopic (exact) mass is 238 g/mol. The van der Waals surface area contributed by atoms with Gasteiger partial charge in [-0.05, 0) is 19.9 Å². The van der Waals surface area contributed by atoms with Crippen molar-refractivity contribution in [3.8, 4) is 0 Å². The molecule has 17 heavy (non-hydrogen) atoms. The normalized spacial score (nSPS) is 10.2. The molecule has 0 saturated heterocycles. The van der Waals surface area contributed by atoms with Crippen molar-refractivity contribution < 1.29 is 19.6 Å². The Morgan fingerprint density at radius 2 is 2.12 bits per heavy atom. The van der Waals surface area contributed by atoms with Crippen molar-refractivity contribution in [3.63, 3.8) is 0 Å². The zero-order valence-electron chi connectivity index (χ0n) is 9.99. The number of anilines is 1. The summed E-state index contributed by atoms with van der Waals surface area (Å²) in [5.74, 6) is 0. The Bertz CT molecular complexity index is 398. The quantitative estimate of drug-likeness (QED) is 0.709. The van der Waals surface area contributed by atoms with Gasteiger partial charge in [0.05, 0.1) is 18.0 Å². The van der Waals surface area contributed by atoms with Crippen LogP contribution in [-0.2, 0) is 4.74 Å². The van der Waals surface area contributed by atoms with Crippen LogP contribution in [0.2, 0.25) is 0 Å². The lowest BCUT2D eigenvalue weighted by Crippen LogP contribution is -2.33. The molecular formula is C10H15BN2O4. The number of aromatic nitrogens is 1. The van der Waals surface area contributed by atoms with Crippen LogP contribution in [0.15, 0.2) is 18.5 Å². The first-order valence-electron chi connectivity index (χ1n) is 5.17. The van der Waals surface area contributed by atoms with Gasteiger partial charge in [0.2, 0.25) is 0 Å². The SMILES string of the molecule is CC(C)OC(=O)N(C)c1cncc(B(O)O)c1. The van der Waals surface area contributed by atoms with Crippen molar-refractivity contribution in [2.24, 2.45) is 0 Å². The van der Waals surface area contributed by atoms with E-state index in [1.807, 2.05) is 0 Å². The van der Waals surface area contributed by atoms with E-state index in [2.05, 4.69) is 4.98 Å². The molecule has 2 N–H and O–H groups in total. The van der Waals surface area contributed by atoms with Crippen LogP contribution < -0.4 is 10.4 Å². The largest absolute Gasteiger partial charge is 0.490 e. The molecular weight excluding hydrogens is 223 g/mol. The molecule has 0 aliphatic rings. The highest BCUT2D eigenvalue weighted by molar-refractivity contribution is 6.58. The van der Waals surface area contributed by atoms with Gasteiger partial charge < -0.3 is 14.8 Å². The maximum atomic E-state index is 11.6. The minimum Gasteiger partial charge on any atom is -0.446 e. The van der Waals surface area contributed by atoms with Gasteiger partial charge >= 0.3 is 13.2 Å². The molecule has 0 saturated carbocycles. The van der Waals surface area contributed by atoms with Gasteiger partial charge in [-0.3, -0.25) is 9.88 Å². The smallest absolute Gasteiger partial charge is 0.446 e. The van der Waals surface area contributed by atoms with E-state index >= 15 is 0 Å². The summed E-state index contributed by atoms with van der Waals surface area (Å²) in [5.41, 5.74) is 0.646. The first kappa shape index (κ1) is 13.5. The summed E-state index contributed by atoms with van der Waals surface area (Å²) in [6.07, 6.45) is 2.01. The Hall–Kier alpha value is -1.60. The van der Waals surface area contributed by atoms with E-state index in [0.29, 0.717) is 5.69 Å².